The molecule has 0 radical (unpaired) electrons. The normalized spacial score (nSPS) is 26.2. The standard InChI is InChI=1S/C44H56FN5O3/c45-41-26-33(43-38(31-13-22-53-23-14-31)7-3-32-25-37(51)6-9-39(32)43)4-10-42(41)49-16-11-30(12-17-49)28-47-18-20-48(21-19-47)35-5-8-40-34(24-35)29-50(44(40)52)36-2-1-15-46-27-36/h4-6,8-10,24-26,30-31,36,38,43,46,51H,1-3,7,11-23,27-29H2/t36-,38+,43-/m0/s1. The van der Waals surface area contributed by atoms with Crippen molar-refractivity contribution >= 4 is 17.3 Å². The monoisotopic (exact) mass is 721 g/mol. The molecule has 5 aliphatic heterocycles. The van der Waals surface area contributed by atoms with Crippen molar-refractivity contribution in [2.45, 2.75) is 69.9 Å². The number of phenols is 1. The first kappa shape index (κ1) is 35.1. The minimum atomic E-state index is -0.108. The van der Waals surface area contributed by atoms with E-state index in [-0.39, 0.29) is 17.6 Å². The molecule has 0 saturated carbocycles. The first-order chi connectivity index (χ1) is 26.0. The molecule has 9 rings (SSSR count). The van der Waals surface area contributed by atoms with Crippen LogP contribution in [0.1, 0.15) is 83.5 Å². The number of phenolic OH excluding ortho intramolecular Hbond substituents is 1. The van der Waals surface area contributed by atoms with Crippen molar-refractivity contribution in [1.29, 1.82) is 0 Å². The number of carbonyl (C=O) groups is 1. The number of hydrogen-bond donors (Lipinski definition) is 2. The fraction of sp³-hybridized carbons (Fsp3) is 0.568. The molecule has 0 bridgehead atoms. The third kappa shape index (κ3) is 7.17. The molecule has 0 unspecified atom stereocenters. The van der Waals surface area contributed by atoms with Crippen molar-refractivity contribution in [3.8, 4) is 5.75 Å². The number of amides is 1. The minimum Gasteiger partial charge on any atom is -0.508 e. The average Bonchev–Trinajstić information content (AvgIpc) is 3.54. The van der Waals surface area contributed by atoms with E-state index in [4.69, 9.17) is 4.74 Å². The van der Waals surface area contributed by atoms with Gasteiger partial charge in [0.2, 0.25) is 0 Å². The van der Waals surface area contributed by atoms with Gasteiger partial charge in [-0.3, -0.25) is 9.69 Å². The van der Waals surface area contributed by atoms with E-state index in [1.807, 2.05) is 18.2 Å². The number of benzene rings is 3. The van der Waals surface area contributed by atoms with Crippen molar-refractivity contribution < 1.29 is 19.0 Å². The summed E-state index contributed by atoms with van der Waals surface area (Å²) in [5.41, 5.74) is 7.56. The number of aryl methyl sites for hydroxylation is 1. The third-order valence-corrected chi connectivity index (χ3v) is 13.7. The Balaban J connectivity index is 0.791. The summed E-state index contributed by atoms with van der Waals surface area (Å²) in [5, 5.41) is 13.7. The quantitative estimate of drug-likeness (QED) is 0.293. The highest BCUT2D eigenvalue weighted by Crippen LogP contribution is 2.48. The van der Waals surface area contributed by atoms with Gasteiger partial charge >= 0.3 is 0 Å². The number of fused-ring (bicyclic) bond motifs is 2. The van der Waals surface area contributed by atoms with Gasteiger partial charge in [-0.2, -0.15) is 0 Å². The van der Waals surface area contributed by atoms with Crippen molar-refractivity contribution in [1.82, 2.24) is 15.1 Å². The molecule has 3 aromatic rings. The summed E-state index contributed by atoms with van der Waals surface area (Å²) in [6.07, 6.45) is 8.54. The van der Waals surface area contributed by atoms with Crippen LogP contribution in [-0.2, 0) is 17.7 Å². The minimum absolute atomic E-state index is 0.108. The van der Waals surface area contributed by atoms with Crippen molar-refractivity contribution in [3.63, 3.8) is 0 Å². The number of halogens is 1. The molecule has 53 heavy (non-hydrogen) atoms. The highest BCUT2D eigenvalue weighted by atomic mass is 19.1. The summed E-state index contributed by atoms with van der Waals surface area (Å²) < 4.78 is 21.8. The number of nitrogens with zero attached hydrogens (tertiary/aromatic N) is 4. The van der Waals surface area contributed by atoms with Crippen LogP contribution in [0.15, 0.2) is 54.6 Å². The number of aromatic hydroxyl groups is 1. The molecular weight excluding hydrogens is 666 g/mol. The molecule has 8 nitrogen and oxygen atoms in total. The smallest absolute Gasteiger partial charge is 0.254 e. The predicted molar refractivity (Wildman–Crippen MR) is 208 cm³/mol. The first-order valence-corrected chi connectivity index (χ1v) is 20.5. The largest absolute Gasteiger partial charge is 0.508 e. The van der Waals surface area contributed by atoms with E-state index < -0.39 is 0 Å². The number of anilines is 2. The van der Waals surface area contributed by atoms with Gasteiger partial charge in [-0.15, -0.1) is 0 Å². The van der Waals surface area contributed by atoms with Gasteiger partial charge in [-0.25, -0.2) is 4.39 Å². The highest BCUT2D eigenvalue weighted by molar-refractivity contribution is 5.99. The summed E-state index contributed by atoms with van der Waals surface area (Å²) in [6.45, 7) is 11.3. The lowest BCUT2D eigenvalue weighted by Gasteiger charge is -2.41. The molecule has 4 saturated heterocycles. The van der Waals surface area contributed by atoms with Crippen LogP contribution in [-0.4, -0.2) is 99.0 Å². The SMILES string of the molecule is O=C1c2ccc(N3CCN(CC4CCN(c5ccc([C@@H]6c7ccc(O)cc7CC[C@@H]6C6CCOCC6)cc5F)CC4)CC3)cc2CN1[C@H]1CCCNC1. The zero-order chi connectivity index (χ0) is 35.9. The molecule has 282 valence electrons. The number of ether oxygens (including phenoxy) is 1. The lowest BCUT2D eigenvalue weighted by molar-refractivity contribution is 0.0404. The summed E-state index contributed by atoms with van der Waals surface area (Å²) in [7, 11) is 0. The number of rotatable bonds is 7. The maximum absolute atomic E-state index is 16.1. The van der Waals surface area contributed by atoms with E-state index in [1.54, 1.807) is 6.07 Å². The van der Waals surface area contributed by atoms with Gasteiger partial charge < -0.3 is 29.9 Å². The lowest BCUT2D eigenvalue weighted by Crippen LogP contribution is -2.49. The molecule has 6 aliphatic rings. The van der Waals surface area contributed by atoms with Crippen molar-refractivity contribution in [3.05, 3.63) is 88.2 Å². The molecule has 5 heterocycles. The van der Waals surface area contributed by atoms with E-state index >= 15 is 4.39 Å². The summed E-state index contributed by atoms with van der Waals surface area (Å²) in [5.74, 6) is 2.19. The topological polar surface area (TPSA) is 71.5 Å². The maximum Gasteiger partial charge on any atom is 0.254 e. The maximum atomic E-state index is 16.1. The van der Waals surface area contributed by atoms with Gasteiger partial charge in [0.15, 0.2) is 0 Å². The molecular formula is C44H56FN5O3. The van der Waals surface area contributed by atoms with Crippen molar-refractivity contribution in [2.75, 3.05) is 81.9 Å². The Morgan fingerprint density at radius 2 is 1.66 bits per heavy atom. The second-order valence-corrected chi connectivity index (χ2v) is 16.7. The van der Waals surface area contributed by atoms with Gasteiger partial charge in [0, 0.05) is 95.3 Å². The van der Waals surface area contributed by atoms with Crippen LogP contribution < -0.4 is 15.1 Å². The zero-order valence-electron chi connectivity index (χ0n) is 31.2. The van der Waals surface area contributed by atoms with Crippen LogP contribution in [0, 0.1) is 23.6 Å². The molecule has 3 aromatic carbocycles. The Hall–Kier alpha value is -3.66. The Labute approximate surface area is 314 Å². The predicted octanol–water partition coefficient (Wildman–Crippen LogP) is 6.40. The second-order valence-electron chi connectivity index (χ2n) is 16.7. The van der Waals surface area contributed by atoms with Crippen LogP contribution in [0.25, 0.3) is 0 Å². The number of hydrogen-bond acceptors (Lipinski definition) is 7. The molecule has 1 aliphatic carbocycles. The molecule has 0 spiro atoms. The Morgan fingerprint density at radius 1 is 0.830 bits per heavy atom. The third-order valence-electron chi connectivity index (χ3n) is 13.7. The van der Waals surface area contributed by atoms with Gasteiger partial charge in [0.05, 0.1) is 5.69 Å². The molecule has 3 atom stereocenters. The Morgan fingerprint density at radius 3 is 2.43 bits per heavy atom. The van der Waals surface area contributed by atoms with Crippen LogP contribution in [0.4, 0.5) is 15.8 Å². The van der Waals surface area contributed by atoms with Crippen LogP contribution >= 0.6 is 0 Å². The van der Waals surface area contributed by atoms with E-state index in [1.165, 1.54) is 22.4 Å². The van der Waals surface area contributed by atoms with Gasteiger partial charge in [-0.05, 0) is 140 Å². The molecule has 1 amide bonds. The second kappa shape index (κ2) is 15.2. The summed E-state index contributed by atoms with van der Waals surface area (Å²) >= 11 is 0. The van der Waals surface area contributed by atoms with E-state index in [0.717, 1.165) is 147 Å². The van der Waals surface area contributed by atoms with Gasteiger partial charge in [0.1, 0.15) is 11.6 Å². The first-order valence-electron chi connectivity index (χ1n) is 20.5. The van der Waals surface area contributed by atoms with Crippen molar-refractivity contribution in [2.24, 2.45) is 17.8 Å². The molecule has 4 fully saturated rings. The lowest BCUT2D eigenvalue weighted by atomic mass is 9.65. The van der Waals surface area contributed by atoms with E-state index in [2.05, 4.69) is 55.2 Å². The van der Waals surface area contributed by atoms with Gasteiger partial charge in [-0.1, -0.05) is 12.1 Å². The van der Waals surface area contributed by atoms with Crippen LogP contribution in [0.3, 0.4) is 0 Å². The van der Waals surface area contributed by atoms with E-state index in [9.17, 15) is 9.90 Å². The average molecular weight is 722 g/mol. The fourth-order valence-corrected chi connectivity index (χ4v) is 10.7. The molecule has 9 heteroatoms. The number of piperazine rings is 1. The summed E-state index contributed by atoms with van der Waals surface area (Å²) in [6, 6.07) is 18.6. The number of nitrogens with one attached hydrogen (secondary N) is 1. The van der Waals surface area contributed by atoms with E-state index in [0.29, 0.717) is 29.5 Å². The zero-order valence-corrected chi connectivity index (χ0v) is 31.2. The molecule has 2 N–H and O–H groups in total. The Kier molecular flexibility index (Phi) is 10.1. The van der Waals surface area contributed by atoms with Crippen LogP contribution in [0.5, 0.6) is 5.75 Å². The fourth-order valence-electron chi connectivity index (χ4n) is 10.7. The molecule has 0 aromatic heterocycles. The van der Waals surface area contributed by atoms with Crippen LogP contribution in [0.2, 0.25) is 0 Å². The number of piperidine rings is 2. The number of carbonyl (C=O) groups excluding carboxylic acids is 1. The summed E-state index contributed by atoms with van der Waals surface area (Å²) in [4.78, 5) is 22.6. The Bertz CT molecular complexity index is 1770. The highest BCUT2D eigenvalue weighted by Gasteiger charge is 2.38. The van der Waals surface area contributed by atoms with Gasteiger partial charge in [0.25, 0.3) is 5.91 Å².